The summed E-state index contributed by atoms with van der Waals surface area (Å²) < 4.78 is 39.1. The van der Waals surface area contributed by atoms with Crippen molar-refractivity contribution in [2.24, 2.45) is 0 Å². The fourth-order valence-electron chi connectivity index (χ4n) is 2.44. The molecule has 5 nitrogen and oxygen atoms in total. The van der Waals surface area contributed by atoms with Gasteiger partial charge in [-0.3, -0.25) is 4.79 Å². The Hall–Kier alpha value is -1.47. The van der Waals surface area contributed by atoms with E-state index in [2.05, 4.69) is 0 Å². The van der Waals surface area contributed by atoms with Gasteiger partial charge in [-0.05, 0) is 37.1 Å². The van der Waals surface area contributed by atoms with Gasteiger partial charge in [-0.1, -0.05) is 6.42 Å². The van der Waals surface area contributed by atoms with Crippen LogP contribution in [0.2, 0.25) is 0 Å². The molecular weight excluding hydrogens is 285 g/mol. The summed E-state index contributed by atoms with van der Waals surface area (Å²) in [5.74, 6) is -1.53. The minimum absolute atomic E-state index is 0.00353. The molecule has 0 aliphatic carbocycles. The highest BCUT2D eigenvalue weighted by molar-refractivity contribution is 7.89. The van der Waals surface area contributed by atoms with E-state index < -0.39 is 27.9 Å². The van der Waals surface area contributed by atoms with Gasteiger partial charge in [0.25, 0.3) is 0 Å². The summed E-state index contributed by atoms with van der Waals surface area (Å²) in [6.07, 6.45) is 1.84. The van der Waals surface area contributed by atoms with Gasteiger partial charge in [0.2, 0.25) is 10.0 Å². The number of piperidine rings is 1. The lowest BCUT2D eigenvalue weighted by molar-refractivity contribution is -0.138. The number of hydrogen-bond acceptors (Lipinski definition) is 3. The summed E-state index contributed by atoms with van der Waals surface area (Å²) in [6.45, 7) is 0.303. The lowest BCUT2D eigenvalue weighted by Crippen LogP contribution is -2.44. The fraction of sp³-hybridized carbons (Fsp3) is 0.462. The Morgan fingerprint density at radius 2 is 1.95 bits per heavy atom. The summed E-state index contributed by atoms with van der Waals surface area (Å²) in [5, 5.41) is 8.89. The van der Waals surface area contributed by atoms with Gasteiger partial charge in [0.1, 0.15) is 5.82 Å². The lowest BCUT2D eigenvalue weighted by atomic mass is 10.0. The molecule has 0 aromatic heterocycles. The van der Waals surface area contributed by atoms with E-state index in [4.69, 9.17) is 5.11 Å². The monoisotopic (exact) mass is 301 g/mol. The van der Waals surface area contributed by atoms with Crippen molar-refractivity contribution in [3.8, 4) is 0 Å². The third-order valence-corrected chi connectivity index (χ3v) is 5.37. The van der Waals surface area contributed by atoms with Crippen molar-refractivity contribution >= 4 is 16.0 Å². The van der Waals surface area contributed by atoms with Crippen molar-refractivity contribution in [2.75, 3.05) is 6.54 Å². The first kappa shape index (κ1) is 14.9. The zero-order chi connectivity index (χ0) is 14.8. The first-order valence-corrected chi connectivity index (χ1v) is 7.84. The maximum atomic E-state index is 12.9. The Morgan fingerprint density at radius 1 is 1.30 bits per heavy atom. The van der Waals surface area contributed by atoms with E-state index in [1.165, 1.54) is 16.4 Å². The number of rotatable bonds is 4. The Balaban J connectivity index is 2.30. The smallest absolute Gasteiger partial charge is 0.304 e. The van der Waals surface area contributed by atoms with Crippen molar-refractivity contribution in [3.05, 3.63) is 30.1 Å². The number of aliphatic carboxylic acids is 1. The van der Waals surface area contributed by atoms with Crippen LogP contribution in [0.1, 0.15) is 25.7 Å². The molecule has 7 heteroatoms. The molecule has 1 fully saturated rings. The molecule has 1 aromatic rings. The normalized spacial score (nSPS) is 20.8. The standard InChI is InChI=1S/C13H16FNO4S/c14-10-4-6-12(7-5-10)20(18,19)15-8-2-1-3-11(15)9-13(16)17/h4-7,11H,1-3,8-9H2,(H,16,17). The van der Waals surface area contributed by atoms with Gasteiger partial charge < -0.3 is 5.11 Å². The first-order valence-electron chi connectivity index (χ1n) is 6.40. The van der Waals surface area contributed by atoms with E-state index in [0.717, 1.165) is 18.6 Å². The molecule has 0 radical (unpaired) electrons. The second-order valence-electron chi connectivity index (χ2n) is 4.82. The topological polar surface area (TPSA) is 74.7 Å². The van der Waals surface area contributed by atoms with Gasteiger partial charge in [-0.25, -0.2) is 12.8 Å². The van der Waals surface area contributed by atoms with E-state index in [9.17, 15) is 17.6 Å². The van der Waals surface area contributed by atoms with Crippen LogP contribution in [-0.4, -0.2) is 36.4 Å². The van der Waals surface area contributed by atoms with Crippen molar-refractivity contribution in [1.82, 2.24) is 4.31 Å². The molecule has 0 spiro atoms. The van der Waals surface area contributed by atoms with Crippen LogP contribution in [-0.2, 0) is 14.8 Å². The van der Waals surface area contributed by atoms with E-state index in [0.29, 0.717) is 19.4 Å². The van der Waals surface area contributed by atoms with Crippen molar-refractivity contribution in [1.29, 1.82) is 0 Å². The second-order valence-corrected chi connectivity index (χ2v) is 6.71. The summed E-state index contributed by atoms with van der Waals surface area (Å²) in [6, 6.07) is 4.05. The highest BCUT2D eigenvalue weighted by atomic mass is 32.2. The molecule has 20 heavy (non-hydrogen) atoms. The van der Waals surface area contributed by atoms with E-state index in [-0.39, 0.29) is 11.3 Å². The number of benzene rings is 1. The molecule has 110 valence electrons. The Labute approximate surface area is 117 Å². The van der Waals surface area contributed by atoms with Crippen LogP contribution in [0.5, 0.6) is 0 Å². The van der Waals surface area contributed by atoms with E-state index in [1.54, 1.807) is 0 Å². The zero-order valence-electron chi connectivity index (χ0n) is 10.8. The molecule has 0 saturated carbocycles. The number of carboxylic acids is 1. The second kappa shape index (κ2) is 5.88. The first-order chi connectivity index (χ1) is 9.41. The number of sulfonamides is 1. The highest BCUT2D eigenvalue weighted by Crippen LogP contribution is 2.27. The Bertz CT molecular complexity index is 585. The van der Waals surface area contributed by atoms with E-state index in [1.807, 2.05) is 0 Å². The van der Waals surface area contributed by atoms with Gasteiger partial charge in [0, 0.05) is 12.6 Å². The number of halogens is 1. The van der Waals surface area contributed by atoms with Gasteiger partial charge in [-0.2, -0.15) is 4.31 Å². The van der Waals surface area contributed by atoms with Crippen LogP contribution in [0.3, 0.4) is 0 Å². The minimum atomic E-state index is -3.77. The number of hydrogen-bond donors (Lipinski definition) is 1. The van der Waals surface area contributed by atoms with Crippen LogP contribution in [0.25, 0.3) is 0 Å². The van der Waals surface area contributed by atoms with Gasteiger partial charge >= 0.3 is 5.97 Å². The molecule has 0 bridgehead atoms. The van der Waals surface area contributed by atoms with Crippen LogP contribution in [0.15, 0.2) is 29.2 Å². The molecule has 1 saturated heterocycles. The molecule has 1 aliphatic rings. The van der Waals surface area contributed by atoms with Gasteiger partial charge in [0.05, 0.1) is 11.3 Å². The SMILES string of the molecule is O=C(O)CC1CCCCN1S(=O)(=O)c1ccc(F)cc1. The molecule has 1 aliphatic heterocycles. The molecule has 1 atom stereocenters. The van der Waals surface area contributed by atoms with Crippen molar-refractivity contribution < 1.29 is 22.7 Å². The quantitative estimate of drug-likeness (QED) is 0.921. The molecule has 1 unspecified atom stereocenters. The average Bonchev–Trinajstić information content (AvgIpc) is 2.39. The summed E-state index contributed by atoms with van der Waals surface area (Å²) in [5.41, 5.74) is 0. The molecule has 2 rings (SSSR count). The lowest BCUT2D eigenvalue weighted by Gasteiger charge is -2.33. The zero-order valence-corrected chi connectivity index (χ0v) is 11.6. The molecular formula is C13H16FNO4S. The minimum Gasteiger partial charge on any atom is -0.481 e. The maximum absolute atomic E-state index is 12.9. The molecule has 1 heterocycles. The number of nitrogens with zero attached hydrogens (tertiary/aromatic N) is 1. The van der Waals surface area contributed by atoms with Gasteiger partial charge in [-0.15, -0.1) is 0 Å². The average molecular weight is 301 g/mol. The Kier molecular flexibility index (Phi) is 4.39. The number of carbonyl (C=O) groups is 1. The summed E-state index contributed by atoms with van der Waals surface area (Å²) >= 11 is 0. The van der Waals surface area contributed by atoms with Crippen LogP contribution in [0.4, 0.5) is 4.39 Å². The molecule has 0 amide bonds. The maximum Gasteiger partial charge on any atom is 0.304 e. The summed E-state index contributed by atoms with van der Waals surface area (Å²) in [4.78, 5) is 10.8. The summed E-state index contributed by atoms with van der Waals surface area (Å²) in [7, 11) is -3.77. The Morgan fingerprint density at radius 3 is 2.55 bits per heavy atom. The van der Waals surface area contributed by atoms with Crippen LogP contribution in [0, 0.1) is 5.82 Å². The predicted octanol–water partition coefficient (Wildman–Crippen LogP) is 1.84. The van der Waals surface area contributed by atoms with Crippen LogP contribution >= 0.6 is 0 Å². The van der Waals surface area contributed by atoms with Crippen molar-refractivity contribution in [2.45, 2.75) is 36.6 Å². The molecule has 1 aromatic carbocycles. The molecule has 1 N–H and O–H groups in total. The highest BCUT2D eigenvalue weighted by Gasteiger charge is 2.34. The fourth-order valence-corrected chi connectivity index (χ4v) is 4.13. The third-order valence-electron chi connectivity index (χ3n) is 3.40. The van der Waals surface area contributed by atoms with E-state index >= 15 is 0 Å². The van der Waals surface area contributed by atoms with Crippen molar-refractivity contribution in [3.63, 3.8) is 0 Å². The van der Waals surface area contributed by atoms with Crippen LogP contribution < -0.4 is 0 Å². The predicted molar refractivity (Wildman–Crippen MR) is 70.2 cm³/mol. The number of carboxylic acid groups (broad SMARTS) is 1. The third kappa shape index (κ3) is 3.16. The largest absolute Gasteiger partial charge is 0.481 e. The van der Waals surface area contributed by atoms with Gasteiger partial charge in [0.15, 0.2) is 0 Å².